The number of hydrogen-bond donors (Lipinski definition) is 0. The maximum Gasteiger partial charge on any atom is 0.339 e. The van der Waals surface area contributed by atoms with Gasteiger partial charge in [0.2, 0.25) is 4.84 Å². The third-order valence-corrected chi connectivity index (χ3v) is 1.48. The number of rotatable bonds is 5. The molecule has 0 N–H and O–H groups in total. The Morgan fingerprint density at radius 2 is 2.07 bits per heavy atom. The summed E-state index contributed by atoms with van der Waals surface area (Å²) in [6.45, 7) is 4.69. The minimum absolute atomic E-state index is 0.0584. The fourth-order valence-electron chi connectivity index (χ4n) is 0.542. The molecule has 6 heteroatoms. The topological polar surface area (TPSA) is 52.6 Å². The highest BCUT2D eigenvalue weighted by atomic mass is 35.5. The normalized spacial score (nSPS) is 12.0. The van der Waals surface area contributed by atoms with Gasteiger partial charge in [0.25, 0.3) is 0 Å². The van der Waals surface area contributed by atoms with Crippen molar-refractivity contribution >= 4 is 35.1 Å². The molecule has 1 unspecified atom stereocenters. The predicted molar refractivity (Wildman–Crippen MR) is 52.2 cm³/mol. The second-order valence-corrected chi connectivity index (χ2v) is 3.48. The standard InChI is InChI=1S/C8H10Cl2O4/c1-3-6(11)13-4-5(2)14-8(12)7(9)10/h3,5,7H,1,4H2,2H3. The first kappa shape index (κ1) is 13.3. The van der Waals surface area contributed by atoms with Crippen LogP contribution in [0.3, 0.4) is 0 Å². The lowest BCUT2D eigenvalue weighted by Crippen LogP contribution is -2.24. The van der Waals surface area contributed by atoms with Crippen LogP contribution < -0.4 is 0 Å². The summed E-state index contributed by atoms with van der Waals surface area (Å²) in [6.07, 6.45) is 0.423. The molecule has 0 amide bonds. The molecular formula is C8H10Cl2O4. The Kier molecular flexibility index (Phi) is 6.32. The molecule has 0 aromatic rings. The van der Waals surface area contributed by atoms with E-state index in [1.54, 1.807) is 6.92 Å². The molecule has 0 rings (SSSR count). The van der Waals surface area contributed by atoms with Gasteiger partial charge >= 0.3 is 11.9 Å². The Labute approximate surface area is 91.8 Å². The lowest BCUT2D eigenvalue weighted by atomic mass is 10.4. The van der Waals surface area contributed by atoms with Crippen molar-refractivity contribution in [2.45, 2.75) is 17.9 Å². The summed E-state index contributed by atoms with van der Waals surface area (Å²) in [5.74, 6) is -1.35. The van der Waals surface area contributed by atoms with Crippen LogP contribution in [-0.4, -0.2) is 29.5 Å². The second-order valence-electron chi connectivity index (χ2n) is 2.38. The van der Waals surface area contributed by atoms with E-state index in [1.807, 2.05) is 0 Å². The maximum absolute atomic E-state index is 10.8. The van der Waals surface area contributed by atoms with Crippen molar-refractivity contribution in [2.24, 2.45) is 0 Å². The van der Waals surface area contributed by atoms with E-state index in [0.717, 1.165) is 6.08 Å². The number of esters is 2. The van der Waals surface area contributed by atoms with E-state index in [-0.39, 0.29) is 6.61 Å². The molecule has 0 aromatic carbocycles. The molecule has 80 valence electrons. The monoisotopic (exact) mass is 240 g/mol. The van der Waals surface area contributed by atoms with Crippen LogP contribution in [-0.2, 0) is 19.1 Å². The van der Waals surface area contributed by atoms with Gasteiger partial charge < -0.3 is 9.47 Å². The highest BCUT2D eigenvalue weighted by molar-refractivity contribution is 6.52. The smallest absolute Gasteiger partial charge is 0.339 e. The quantitative estimate of drug-likeness (QED) is 0.415. The van der Waals surface area contributed by atoms with Crippen LogP contribution in [0.1, 0.15) is 6.92 Å². The molecule has 0 bridgehead atoms. The highest BCUT2D eigenvalue weighted by Crippen LogP contribution is 2.06. The molecule has 0 spiro atoms. The van der Waals surface area contributed by atoms with Crippen LogP contribution >= 0.6 is 23.2 Å². The molecule has 1 atom stereocenters. The number of halogens is 2. The molecule has 0 aliphatic heterocycles. The molecule has 0 saturated heterocycles. The Morgan fingerprint density at radius 1 is 1.50 bits per heavy atom. The fraction of sp³-hybridized carbons (Fsp3) is 0.500. The van der Waals surface area contributed by atoms with E-state index >= 15 is 0 Å². The molecule has 0 radical (unpaired) electrons. The molecule has 0 aliphatic carbocycles. The zero-order valence-electron chi connectivity index (χ0n) is 7.54. The third kappa shape index (κ3) is 5.83. The summed E-state index contributed by atoms with van der Waals surface area (Å²) in [7, 11) is 0. The zero-order valence-corrected chi connectivity index (χ0v) is 9.05. The van der Waals surface area contributed by atoms with E-state index in [9.17, 15) is 9.59 Å². The molecule has 0 heterocycles. The van der Waals surface area contributed by atoms with Crippen molar-refractivity contribution in [3.63, 3.8) is 0 Å². The number of carbonyl (C=O) groups is 2. The third-order valence-electron chi connectivity index (χ3n) is 1.12. The molecule has 0 saturated carbocycles. The van der Waals surface area contributed by atoms with Gasteiger partial charge in [-0.1, -0.05) is 29.8 Å². The van der Waals surface area contributed by atoms with E-state index in [0.29, 0.717) is 0 Å². The summed E-state index contributed by atoms with van der Waals surface area (Å²) in [6, 6.07) is 0. The molecule has 4 nitrogen and oxygen atoms in total. The molecular weight excluding hydrogens is 231 g/mol. The predicted octanol–water partition coefficient (Wildman–Crippen LogP) is 1.45. The lowest BCUT2D eigenvalue weighted by Gasteiger charge is -2.12. The largest absolute Gasteiger partial charge is 0.459 e. The minimum Gasteiger partial charge on any atom is -0.459 e. The lowest BCUT2D eigenvalue weighted by molar-refractivity contribution is -0.154. The Bertz CT molecular complexity index is 227. The molecule has 0 aliphatic rings. The average Bonchev–Trinajstić information content (AvgIpc) is 2.13. The van der Waals surface area contributed by atoms with Crippen molar-refractivity contribution in [1.82, 2.24) is 0 Å². The van der Waals surface area contributed by atoms with Gasteiger partial charge in [-0.15, -0.1) is 0 Å². The Balaban J connectivity index is 3.75. The van der Waals surface area contributed by atoms with Crippen LogP contribution in [0.2, 0.25) is 0 Å². The van der Waals surface area contributed by atoms with Crippen molar-refractivity contribution in [3.05, 3.63) is 12.7 Å². The van der Waals surface area contributed by atoms with Crippen molar-refractivity contribution in [2.75, 3.05) is 6.61 Å². The second kappa shape index (κ2) is 6.68. The van der Waals surface area contributed by atoms with Gasteiger partial charge in [-0.25, -0.2) is 9.59 Å². The molecule has 14 heavy (non-hydrogen) atoms. The minimum atomic E-state index is -1.23. The average molecular weight is 241 g/mol. The van der Waals surface area contributed by atoms with Crippen molar-refractivity contribution in [1.29, 1.82) is 0 Å². The van der Waals surface area contributed by atoms with Gasteiger partial charge in [-0.2, -0.15) is 0 Å². The summed E-state index contributed by atoms with van der Waals surface area (Å²) in [4.78, 5) is 20.2. The first-order valence-corrected chi connectivity index (χ1v) is 4.62. The van der Waals surface area contributed by atoms with Gasteiger partial charge in [0.05, 0.1) is 0 Å². The first-order chi connectivity index (χ1) is 6.47. The van der Waals surface area contributed by atoms with Gasteiger partial charge in [-0.05, 0) is 6.92 Å². The maximum atomic E-state index is 10.8. The van der Waals surface area contributed by atoms with E-state index in [4.69, 9.17) is 27.9 Å². The van der Waals surface area contributed by atoms with Crippen LogP contribution in [0.15, 0.2) is 12.7 Å². The zero-order chi connectivity index (χ0) is 11.1. The van der Waals surface area contributed by atoms with E-state index in [2.05, 4.69) is 11.3 Å². The van der Waals surface area contributed by atoms with E-state index in [1.165, 1.54) is 0 Å². The summed E-state index contributed by atoms with van der Waals surface area (Å²) < 4.78 is 9.31. The number of carbonyl (C=O) groups excluding carboxylic acids is 2. The van der Waals surface area contributed by atoms with E-state index < -0.39 is 22.9 Å². The van der Waals surface area contributed by atoms with Gasteiger partial charge in [0, 0.05) is 6.08 Å². The summed E-state index contributed by atoms with van der Waals surface area (Å²) in [5, 5.41) is 0. The van der Waals surface area contributed by atoms with Crippen LogP contribution in [0, 0.1) is 0 Å². The Hall–Kier alpha value is -0.740. The van der Waals surface area contributed by atoms with Gasteiger partial charge in [0.15, 0.2) is 0 Å². The van der Waals surface area contributed by atoms with Crippen molar-refractivity contribution in [3.8, 4) is 0 Å². The fourth-order valence-corrected chi connectivity index (χ4v) is 0.645. The van der Waals surface area contributed by atoms with Crippen LogP contribution in [0.5, 0.6) is 0 Å². The van der Waals surface area contributed by atoms with Gasteiger partial charge in [0.1, 0.15) is 12.7 Å². The molecule has 0 aromatic heterocycles. The molecule has 0 fully saturated rings. The first-order valence-electron chi connectivity index (χ1n) is 3.75. The summed E-state index contributed by atoms with van der Waals surface area (Å²) in [5.41, 5.74) is 0. The van der Waals surface area contributed by atoms with Crippen molar-refractivity contribution < 1.29 is 19.1 Å². The van der Waals surface area contributed by atoms with Crippen LogP contribution in [0.4, 0.5) is 0 Å². The Morgan fingerprint density at radius 3 is 2.50 bits per heavy atom. The number of hydrogen-bond acceptors (Lipinski definition) is 4. The number of ether oxygens (including phenoxy) is 2. The highest BCUT2D eigenvalue weighted by Gasteiger charge is 2.17. The number of alkyl halides is 2. The van der Waals surface area contributed by atoms with Gasteiger partial charge in [-0.3, -0.25) is 0 Å². The van der Waals surface area contributed by atoms with Crippen LogP contribution in [0.25, 0.3) is 0 Å². The summed E-state index contributed by atoms with van der Waals surface area (Å²) >= 11 is 10.5. The SMILES string of the molecule is C=CC(=O)OCC(C)OC(=O)C(Cl)Cl.